The fraction of sp³-hybridized carbons (Fsp3) is 0.192. The molecule has 1 aliphatic heterocycles. The number of pyridine rings is 3. The Morgan fingerprint density at radius 3 is 2.74 bits per heavy atom. The molecular weight excluding hydrogens is 513 g/mol. The Bertz CT molecular complexity index is 1810. The molecule has 0 atom stereocenters. The van der Waals surface area contributed by atoms with Crippen LogP contribution in [0.4, 0.5) is 13.2 Å². The summed E-state index contributed by atoms with van der Waals surface area (Å²) in [4.78, 5) is 23.7. The fourth-order valence-corrected chi connectivity index (χ4v) is 5.60. The minimum absolute atomic E-state index is 0.120. The highest BCUT2D eigenvalue weighted by Gasteiger charge is 2.37. The monoisotopic (exact) mass is 532 g/mol. The van der Waals surface area contributed by atoms with Crippen molar-refractivity contribution in [2.24, 2.45) is 0 Å². The van der Waals surface area contributed by atoms with Crippen molar-refractivity contribution in [2.45, 2.75) is 18.9 Å². The average Bonchev–Trinajstić information content (AvgIpc) is 3.69. The van der Waals surface area contributed by atoms with E-state index >= 15 is 0 Å². The Morgan fingerprint density at radius 2 is 1.92 bits per heavy atom. The first-order valence-corrected chi connectivity index (χ1v) is 12.7. The molecule has 6 aromatic rings. The Balaban J connectivity index is 1.24. The van der Waals surface area contributed by atoms with E-state index < -0.39 is 5.92 Å². The van der Waals surface area contributed by atoms with E-state index in [1.807, 2.05) is 12.1 Å². The third-order valence-electron chi connectivity index (χ3n) is 6.65. The van der Waals surface area contributed by atoms with Crippen molar-refractivity contribution in [3.8, 4) is 33.2 Å². The molecule has 0 bridgehead atoms. The lowest BCUT2D eigenvalue weighted by Gasteiger charge is -2.15. The van der Waals surface area contributed by atoms with Gasteiger partial charge in [-0.05, 0) is 29.8 Å². The number of thiophene rings is 1. The number of fused-ring (bicyclic) bond motifs is 2. The molecule has 0 spiro atoms. The van der Waals surface area contributed by atoms with Crippen molar-refractivity contribution < 1.29 is 13.2 Å². The zero-order valence-corrected chi connectivity index (χ0v) is 20.6. The predicted molar refractivity (Wildman–Crippen MR) is 138 cm³/mol. The lowest BCUT2D eigenvalue weighted by Crippen LogP contribution is -2.24. The van der Waals surface area contributed by atoms with Gasteiger partial charge in [-0.1, -0.05) is 0 Å². The van der Waals surface area contributed by atoms with Crippen LogP contribution in [0.3, 0.4) is 0 Å². The van der Waals surface area contributed by atoms with Gasteiger partial charge in [0.1, 0.15) is 11.2 Å². The van der Waals surface area contributed by atoms with Gasteiger partial charge in [0.2, 0.25) is 0 Å². The summed E-state index contributed by atoms with van der Waals surface area (Å²) in [5, 5.41) is 8.00. The van der Waals surface area contributed by atoms with Gasteiger partial charge in [0.15, 0.2) is 11.0 Å². The van der Waals surface area contributed by atoms with Gasteiger partial charge in [0.25, 0.3) is 5.92 Å². The Hall–Kier alpha value is -4.16. The quantitative estimate of drug-likeness (QED) is 0.297. The molecule has 0 unspecified atom stereocenters. The zero-order valence-electron chi connectivity index (χ0n) is 19.8. The van der Waals surface area contributed by atoms with E-state index in [1.165, 1.54) is 6.07 Å². The van der Waals surface area contributed by atoms with Gasteiger partial charge in [-0.3, -0.25) is 25.0 Å². The SMILES string of the molecule is Fc1ccc(-c2cncc3[nH]c(-c4n[nH]c5cnc(-c6cncc(CN7CCC(F)(F)C7)c6)cc45)nc23)s1. The zero-order chi connectivity index (χ0) is 25.9. The van der Waals surface area contributed by atoms with Crippen LogP contribution in [0.15, 0.2) is 55.2 Å². The van der Waals surface area contributed by atoms with Crippen molar-refractivity contribution in [3.63, 3.8) is 0 Å². The van der Waals surface area contributed by atoms with E-state index in [-0.39, 0.29) is 18.1 Å². The van der Waals surface area contributed by atoms with Gasteiger partial charge in [0, 0.05) is 59.5 Å². The van der Waals surface area contributed by atoms with Gasteiger partial charge in [0.05, 0.1) is 35.7 Å². The molecular formula is C26H19F3N8S. The van der Waals surface area contributed by atoms with Gasteiger partial charge in [-0.2, -0.15) is 9.49 Å². The lowest BCUT2D eigenvalue weighted by molar-refractivity contribution is 0.0115. The van der Waals surface area contributed by atoms with Crippen LogP contribution in [-0.2, 0) is 6.54 Å². The van der Waals surface area contributed by atoms with Gasteiger partial charge in [-0.25, -0.2) is 13.8 Å². The second kappa shape index (κ2) is 8.71. The molecule has 7 rings (SSSR count). The second-order valence-corrected chi connectivity index (χ2v) is 10.4. The fourth-order valence-electron chi connectivity index (χ4n) is 4.85. The summed E-state index contributed by atoms with van der Waals surface area (Å²) in [6.45, 7) is 0.519. The highest BCUT2D eigenvalue weighted by molar-refractivity contribution is 7.14. The molecule has 7 heterocycles. The van der Waals surface area contributed by atoms with Crippen LogP contribution in [0.5, 0.6) is 0 Å². The van der Waals surface area contributed by atoms with Crippen LogP contribution in [-0.4, -0.2) is 59.0 Å². The number of aromatic nitrogens is 7. The molecule has 1 aliphatic rings. The summed E-state index contributed by atoms with van der Waals surface area (Å²) in [5.74, 6) is -2.10. The van der Waals surface area contributed by atoms with Crippen LogP contribution < -0.4 is 0 Å². The summed E-state index contributed by atoms with van der Waals surface area (Å²) >= 11 is 1.04. The average molecular weight is 533 g/mol. The summed E-state index contributed by atoms with van der Waals surface area (Å²) in [6.07, 6.45) is 8.32. The standard InChI is InChI=1S/C26H19F3N8S/c27-22-2-1-21(38-22)17-9-31-10-20-23(17)34-25(33-20)24-16-6-18(32-11-19(16)35-36-24)15-5-14(7-30-8-15)12-37-4-3-26(28,29)13-37/h1-2,5-11H,3-4,12-13H2,(H,33,34)(H,35,36). The van der Waals surface area contributed by atoms with Gasteiger partial charge in [-0.15, -0.1) is 11.3 Å². The lowest BCUT2D eigenvalue weighted by atomic mass is 10.1. The molecule has 190 valence electrons. The Labute approximate surface area is 217 Å². The van der Waals surface area contributed by atoms with E-state index in [1.54, 1.807) is 42.0 Å². The summed E-state index contributed by atoms with van der Waals surface area (Å²) < 4.78 is 40.9. The third-order valence-corrected chi connectivity index (χ3v) is 7.56. The first kappa shape index (κ1) is 23.0. The highest BCUT2D eigenvalue weighted by atomic mass is 32.1. The molecule has 8 nitrogen and oxygen atoms in total. The first-order chi connectivity index (χ1) is 18.4. The number of hydrogen-bond acceptors (Lipinski definition) is 7. The molecule has 0 aromatic carbocycles. The predicted octanol–water partition coefficient (Wildman–Crippen LogP) is 5.67. The van der Waals surface area contributed by atoms with Crippen LogP contribution in [0.25, 0.3) is 55.2 Å². The van der Waals surface area contributed by atoms with Crippen LogP contribution >= 0.6 is 11.3 Å². The molecule has 0 amide bonds. The molecule has 38 heavy (non-hydrogen) atoms. The van der Waals surface area contributed by atoms with Crippen molar-refractivity contribution in [1.82, 2.24) is 40.0 Å². The van der Waals surface area contributed by atoms with Crippen LogP contribution in [0.1, 0.15) is 12.0 Å². The van der Waals surface area contributed by atoms with Crippen LogP contribution in [0, 0.1) is 5.13 Å². The minimum atomic E-state index is -2.64. The highest BCUT2D eigenvalue weighted by Crippen LogP contribution is 2.34. The van der Waals surface area contributed by atoms with Gasteiger partial charge >= 0.3 is 0 Å². The third kappa shape index (κ3) is 4.11. The number of imidazole rings is 1. The molecule has 1 saturated heterocycles. The number of alkyl halides is 2. The maximum atomic E-state index is 13.7. The largest absolute Gasteiger partial charge is 0.335 e. The molecule has 6 aromatic heterocycles. The Kier molecular flexibility index (Phi) is 5.27. The van der Waals surface area contributed by atoms with Crippen molar-refractivity contribution in [3.05, 3.63) is 65.9 Å². The number of likely N-dealkylation sites (tertiary alicyclic amines) is 1. The van der Waals surface area contributed by atoms with Crippen molar-refractivity contribution in [1.29, 1.82) is 0 Å². The first-order valence-electron chi connectivity index (χ1n) is 11.9. The molecule has 0 saturated carbocycles. The smallest absolute Gasteiger partial charge is 0.261 e. The van der Waals surface area contributed by atoms with E-state index in [9.17, 15) is 13.2 Å². The number of H-pyrrole nitrogens is 2. The van der Waals surface area contributed by atoms with Crippen molar-refractivity contribution in [2.75, 3.05) is 13.1 Å². The summed E-state index contributed by atoms with van der Waals surface area (Å²) in [5.41, 5.74) is 5.74. The van der Waals surface area contributed by atoms with E-state index in [4.69, 9.17) is 4.98 Å². The number of halogens is 3. The number of nitrogens with zero attached hydrogens (tertiary/aromatic N) is 6. The maximum absolute atomic E-state index is 13.7. The molecule has 2 N–H and O–H groups in total. The molecule has 0 radical (unpaired) electrons. The second-order valence-electron chi connectivity index (χ2n) is 9.36. The van der Waals surface area contributed by atoms with Crippen LogP contribution in [0.2, 0.25) is 0 Å². The van der Waals surface area contributed by atoms with Crippen molar-refractivity contribution >= 4 is 33.3 Å². The topological polar surface area (TPSA) is 99.3 Å². The van der Waals surface area contributed by atoms with E-state index in [0.717, 1.165) is 43.8 Å². The summed E-state index contributed by atoms with van der Waals surface area (Å²) in [6, 6.07) is 6.97. The van der Waals surface area contributed by atoms with Gasteiger partial charge < -0.3 is 4.98 Å². The number of hydrogen-bond donors (Lipinski definition) is 2. The molecule has 0 aliphatic carbocycles. The minimum Gasteiger partial charge on any atom is -0.335 e. The summed E-state index contributed by atoms with van der Waals surface area (Å²) in [7, 11) is 0. The maximum Gasteiger partial charge on any atom is 0.261 e. The molecule has 12 heteroatoms. The number of rotatable bonds is 5. The Morgan fingerprint density at radius 1 is 1.03 bits per heavy atom. The normalized spacial score (nSPS) is 15.7. The molecule has 1 fully saturated rings. The number of nitrogens with one attached hydrogen (secondary N) is 2. The number of aromatic amines is 2. The van der Waals surface area contributed by atoms with E-state index in [0.29, 0.717) is 41.3 Å². The van der Waals surface area contributed by atoms with E-state index in [2.05, 4.69) is 30.1 Å².